The molecule has 1 aliphatic heterocycles. The van der Waals surface area contributed by atoms with Gasteiger partial charge in [0.25, 0.3) is 5.91 Å². The number of ether oxygens (including phenoxy) is 2. The van der Waals surface area contributed by atoms with Crippen LogP contribution in [0.4, 0.5) is 5.69 Å². The molecule has 2 aliphatic rings. The fourth-order valence-electron chi connectivity index (χ4n) is 5.39. The number of aromatic nitrogens is 3. The molecule has 1 saturated carbocycles. The predicted octanol–water partition coefficient (Wildman–Crippen LogP) is 3.87. The lowest BCUT2D eigenvalue weighted by molar-refractivity contribution is 0.00493. The van der Waals surface area contributed by atoms with E-state index in [1.807, 2.05) is 43.3 Å². The molecular weight excluding hydrogens is 468 g/mol. The quantitative estimate of drug-likeness (QED) is 0.548. The monoisotopic (exact) mass is 500 g/mol. The molecule has 0 radical (unpaired) electrons. The van der Waals surface area contributed by atoms with Gasteiger partial charge >= 0.3 is 0 Å². The fourth-order valence-corrected chi connectivity index (χ4v) is 5.39. The van der Waals surface area contributed by atoms with Gasteiger partial charge in [-0.05, 0) is 69.0 Å². The van der Waals surface area contributed by atoms with E-state index in [-0.39, 0.29) is 5.91 Å². The lowest BCUT2D eigenvalue weighted by atomic mass is 9.71. The van der Waals surface area contributed by atoms with Gasteiger partial charge in [-0.25, -0.2) is 4.68 Å². The molecular formula is C28H32N6O3. The van der Waals surface area contributed by atoms with E-state index >= 15 is 0 Å². The second kappa shape index (κ2) is 10.7. The van der Waals surface area contributed by atoms with Crippen molar-refractivity contribution in [2.75, 3.05) is 38.7 Å². The zero-order chi connectivity index (χ0) is 25.8. The topological polar surface area (TPSA) is 105 Å². The molecule has 3 aromatic rings. The molecule has 9 nitrogen and oxygen atoms in total. The molecule has 1 amide bonds. The van der Waals surface area contributed by atoms with Gasteiger partial charge in [-0.3, -0.25) is 14.7 Å². The van der Waals surface area contributed by atoms with Crippen LogP contribution < -0.4 is 10.1 Å². The number of carbonyl (C=O) groups excluding carboxylic acids is 1. The maximum absolute atomic E-state index is 13.0. The molecule has 5 rings (SSSR count). The highest BCUT2D eigenvalue weighted by molar-refractivity contribution is 6.04. The Labute approximate surface area is 217 Å². The second-order valence-electron chi connectivity index (χ2n) is 9.71. The molecule has 0 spiro atoms. The molecule has 2 aromatic heterocycles. The van der Waals surface area contributed by atoms with Crippen molar-refractivity contribution in [3.05, 3.63) is 65.7 Å². The zero-order valence-electron chi connectivity index (χ0n) is 21.3. The van der Waals surface area contributed by atoms with Crippen LogP contribution >= 0.6 is 0 Å². The number of methoxy groups -OCH3 is 1. The number of anilines is 1. The Hall–Kier alpha value is -3.74. The summed E-state index contributed by atoms with van der Waals surface area (Å²) in [6, 6.07) is 14.3. The van der Waals surface area contributed by atoms with E-state index < -0.39 is 5.41 Å². The summed E-state index contributed by atoms with van der Waals surface area (Å²) in [4.78, 5) is 20.1. The number of hydrogen-bond donors (Lipinski definition) is 1. The number of pyridine rings is 1. The summed E-state index contributed by atoms with van der Waals surface area (Å²) in [5, 5.41) is 17.4. The van der Waals surface area contributed by atoms with E-state index in [2.05, 4.69) is 26.4 Å². The first kappa shape index (κ1) is 24.9. The lowest BCUT2D eigenvalue weighted by Gasteiger charge is -2.41. The van der Waals surface area contributed by atoms with E-state index in [1.54, 1.807) is 24.2 Å². The van der Waals surface area contributed by atoms with Gasteiger partial charge in [0, 0.05) is 19.1 Å². The van der Waals surface area contributed by atoms with Gasteiger partial charge in [-0.15, -0.1) is 0 Å². The third-order valence-corrected chi connectivity index (χ3v) is 7.67. The van der Waals surface area contributed by atoms with Crippen LogP contribution in [-0.4, -0.2) is 65.0 Å². The van der Waals surface area contributed by atoms with Crippen LogP contribution in [-0.2, 0) is 10.2 Å². The van der Waals surface area contributed by atoms with E-state index in [0.29, 0.717) is 17.3 Å². The fraction of sp³-hybridized carbons (Fsp3) is 0.429. The highest BCUT2D eigenvalue weighted by Gasteiger charge is 2.40. The van der Waals surface area contributed by atoms with Gasteiger partial charge < -0.3 is 14.8 Å². The van der Waals surface area contributed by atoms with Gasteiger partial charge in [0.2, 0.25) is 0 Å². The first-order valence-corrected chi connectivity index (χ1v) is 12.7. The highest BCUT2D eigenvalue weighted by Crippen LogP contribution is 2.40. The van der Waals surface area contributed by atoms with E-state index in [1.165, 1.54) is 0 Å². The summed E-state index contributed by atoms with van der Waals surface area (Å²) >= 11 is 0. The van der Waals surface area contributed by atoms with Gasteiger partial charge in [0.1, 0.15) is 5.75 Å². The van der Waals surface area contributed by atoms with Crippen LogP contribution in [0, 0.1) is 18.3 Å². The van der Waals surface area contributed by atoms with Crippen molar-refractivity contribution in [3.8, 4) is 17.5 Å². The van der Waals surface area contributed by atoms with Crippen LogP contribution in [0.5, 0.6) is 5.75 Å². The Balaban J connectivity index is 1.24. The Morgan fingerprint density at radius 2 is 1.86 bits per heavy atom. The Morgan fingerprint density at radius 3 is 2.49 bits per heavy atom. The molecule has 1 saturated heterocycles. The average Bonchev–Trinajstić information content (AvgIpc) is 3.35. The molecule has 1 N–H and O–H groups in total. The minimum Gasteiger partial charge on any atom is -0.497 e. The van der Waals surface area contributed by atoms with Crippen LogP contribution in [0.15, 0.2) is 48.8 Å². The van der Waals surface area contributed by atoms with E-state index in [4.69, 9.17) is 9.47 Å². The zero-order valence-corrected chi connectivity index (χ0v) is 21.3. The number of hydrogen-bond acceptors (Lipinski definition) is 7. The van der Waals surface area contributed by atoms with Crippen LogP contribution in [0.3, 0.4) is 0 Å². The maximum atomic E-state index is 13.0. The Morgan fingerprint density at radius 1 is 1.14 bits per heavy atom. The summed E-state index contributed by atoms with van der Waals surface area (Å²) < 4.78 is 12.4. The van der Waals surface area contributed by atoms with Crippen molar-refractivity contribution in [1.29, 1.82) is 5.26 Å². The number of morpholine rings is 1. The molecule has 3 heterocycles. The number of carbonyl (C=O) groups is 1. The van der Waals surface area contributed by atoms with E-state index in [9.17, 15) is 10.1 Å². The molecule has 1 aromatic carbocycles. The molecule has 0 atom stereocenters. The smallest absolute Gasteiger partial charge is 0.259 e. The predicted molar refractivity (Wildman–Crippen MR) is 139 cm³/mol. The first-order chi connectivity index (χ1) is 18.0. The van der Waals surface area contributed by atoms with Gasteiger partial charge in [-0.2, -0.15) is 10.4 Å². The van der Waals surface area contributed by atoms with Crippen LogP contribution in [0.1, 0.15) is 47.4 Å². The third kappa shape index (κ3) is 5.08. The summed E-state index contributed by atoms with van der Waals surface area (Å²) in [5.41, 5.74) is 2.83. The summed E-state index contributed by atoms with van der Waals surface area (Å²) in [6.45, 7) is 5.37. The maximum Gasteiger partial charge on any atom is 0.259 e. The molecule has 0 unspecified atom stereocenters. The normalized spacial score (nSPS) is 22.2. The highest BCUT2D eigenvalue weighted by atomic mass is 16.5. The van der Waals surface area contributed by atoms with Crippen molar-refractivity contribution in [2.45, 2.75) is 44.1 Å². The SMILES string of the molecule is COc1ccc(-n2ncc(C(=O)Nc3ccc([C@]4(C#N)CC[C@@H](N5CCOCC5)CC4)nc3)c2C)cc1. The second-order valence-corrected chi connectivity index (χ2v) is 9.71. The molecule has 37 heavy (non-hydrogen) atoms. The standard InChI is InChI=1S/C28H32N6O3/c1-20-25(18-31-34(20)23-4-6-24(36-2)7-5-23)27(35)32-21-3-8-26(30-17-21)28(19-29)11-9-22(10-12-28)33-13-15-37-16-14-33/h3-8,17-18,22H,9-16H2,1-2H3,(H,32,35)/t22-,28-. The first-order valence-electron chi connectivity index (χ1n) is 12.7. The van der Waals surface area contributed by atoms with E-state index in [0.717, 1.165) is 74.8 Å². The van der Waals surface area contributed by atoms with Crippen LogP contribution in [0.25, 0.3) is 5.69 Å². The minimum absolute atomic E-state index is 0.257. The molecule has 0 bridgehead atoms. The third-order valence-electron chi connectivity index (χ3n) is 7.67. The summed E-state index contributed by atoms with van der Waals surface area (Å²) in [7, 11) is 1.62. The van der Waals surface area contributed by atoms with Crippen molar-refractivity contribution < 1.29 is 14.3 Å². The lowest BCUT2D eigenvalue weighted by Crippen LogP contribution is -2.47. The number of nitrogens with zero attached hydrogens (tertiary/aromatic N) is 5. The number of nitriles is 1. The van der Waals surface area contributed by atoms with Crippen molar-refractivity contribution in [1.82, 2.24) is 19.7 Å². The van der Waals surface area contributed by atoms with Crippen molar-refractivity contribution in [3.63, 3.8) is 0 Å². The number of amides is 1. The van der Waals surface area contributed by atoms with Gasteiger partial charge in [-0.1, -0.05) is 0 Å². The average molecular weight is 501 g/mol. The minimum atomic E-state index is -0.582. The summed E-state index contributed by atoms with van der Waals surface area (Å²) in [6.07, 6.45) is 6.73. The number of benzene rings is 1. The molecule has 192 valence electrons. The Bertz CT molecular complexity index is 1260. The molecule has 9 heteroatoms. The Kier molecular flexibility index (Phi) is 7.22. The summed E-state index contributed by atoms with van der Waals surface area (Å²) in [5.74, 6) is 0.499. The molecule has 1 aliphatic carbocycles. The van der Waals surface area contributed by atoms with Crippen molar-refractivity contribution >= 4 is 11.6 Å². The number of nitrogens with one attached hydrogen (secondary N) is 1. The van der Waals surface area contributed by atoms with Crippen LogP contribution in [0.2, 0.25) is 0 Å². The molecule has 2 fully saturated rings. The van der Waals surface area contributed by atoms with Gasteiger partial charge in [0.15, 0.2) is 0 Å². The van der Waals surface area contributed by atoms with Gasteiger partial charge in [0.05, 0.1) is 72.5 Å². The van der Waals surface area contributed by atoms with Crippen molar-refractivity contribution in [2.24, 2.45) is 0 Å². The largest absolute Gasteiger partial charge is 0.497 e. The number of rotatable bonds is 6.